The van der Waals surface area contributed by atoms with E-state index in [4.69, 9.17) is 5.73 Å². The fourth-order valence-corrected chi connectivity index (χ4v) is 4.57. The van der Waals surface area contributed by atoms with Crippen LogP contribution in [-0.2, 0) is 6.54 Å². The number of hydrogen-bond donors (Lipinski definition) is 1. The molecule has 132 valence electrons. The Hall–Kier alpha value is -1.39. The van der Waals surface area contributed by atoms with E-state index < -0.39 is 0 Å². The maximum absolute atomic E-state index is 6.22. The van der Waals surface area contributed by atoms with Crippen molar-refractivity contribution in [3.05, 3.63) is 46.8 Å². The van der Waals surface area contributed by atoms with E-state index in [1.807, 2.05) is 11.6 Å². The Labute approximate surface area is 172 Å². The molecule has 0 unspecified atom stereocenters. The van der Waals surface area contributed by atoms with Gasteiger partial charge in [-0.05, 0) is 22.4 Å². The van der Waals surface area contributed by atoms with Crippen LogP contribution in [0.4, 0.5) is 5.13 Å². The lowest BCUT2D eigenvalue weighted by Crippen LogP contribution is -2.51. The third-order valence-corrected chi connectivity index (χ3v) is 6.11. The number of aromatic nitrogens is 1. The lowest BCUT2D eigenvalue weighted by molar-refractivity contribution is 0.380. The molecule has 8 heteroatoms. The van der Waals surface area contributed by atoms with Gasteiger partial charge < -0.3 is 15.5 Å². The number of nitrogens with zero attached hydrogens (tertiary/aromatic N) is 4. The molecule has 1 aliphatic rings. The van der Waals surface area contributed by atoms with E-state index in [2.05, 4.69) is 49.4 Å². The van der Waals surface area contributed by atoms with E-state index in [0.29, 0.717) is 12.5 Å². The standard InChI is InChI=1S/C17H19N5S2.HI/c18-16(20-11-13-12-24-15-4-2-1-3-14(13)15)21-6-8-22(9-7-21)17-19-5-10-23-17;/h1-5,10,12H,6-9,11H2,(H2,18,20);1H. The average molecular weight is 485 g/mol. The molecule has 0 amide bonds. The largest absolute Gasteiger partial charge is 0.370 e. The van der Waals surface area contributed by atoms with Gasteiger partial charge in [0.25, 0.3) is 0 Å². The van der Waals surface area contributed by atoms with E-state index in [9.17, 15) is 0 Å². The lowest BCUT2D eigenvalue weighted by Gasteiger charge is -2.35. The second kappa shape index (κ2) is 8.33. The van der Waals surface area contributed by atoms with Gasteiger partial charge in [0.2, 0.25) is 0 Å². The van der Waals surface area contributed by atoms with Crippen LogP contribution in [0.25, 0.3) is 10.1 Å². The first-order chi connectivity index (χ1) is 11.8. The number of anilines is 1. The summed E-state index contributed by atoms with van der Waals surface area (Å²) in [5.41, 5.74) is 7.47. The van der Waals surface area contributed by atoms with Gasteiger partial charge >= 0.3 is 0 Å². The number of halogens is 1. The van der Waals surface area contributed by atoms with Crippen molar-refractivity contribution in [1.82, 2.24) is 9.88 Å². The molecule has 2 aromatic heterocycles. The van der Waals surface area contributed by atoms with Crippen molar-refractivity contribution in [3.63, 3.8) is 0 Å². The summed E-state index contributed by atoms with van der Waals surface area (Å²) in [6.07, 6.45) is 1.85. The highest BCUT2D eigenvalue weighted by Crippen LogP contribution is 2.26. The molecule has 0 saturated carbocycles. The molecule has 4 rings (SSSR count). The lowest BCUT2D eigenvalue weighted by atomic mass is 10.2. The molecule has 0 radical (unpaired) electrons. The zero-order valence-corrected chi connectivity index (χ0v) is 17.6. The first kappa shape index (κ1) is 18.4. The quantitative estimate of drug-likeness (QED) is 0.350. The van der Waals surface area contributed by atoms with Crippen molar-refractivity contribution >= 4 is 67.8 Å². The number of hydrogen-bond acceptors (Lipinski definition) is 5. The fourth-order valence-electron chi connectivity index (χ4n) is 2.92. The molecule has 0 bridgehead atoms. The Kier molecular flexibility index (Phi) is 6.13. The highest BCUT2D eigenvalue weighted by atomic mass is 127. The Balaban J connectivity index is 0.00000182. The molecule has 25 heavy (non-hydrogen) atoms. The minimum Gasteiger partial charge on any atom is -0.370 e. The molecular weight excluding hydrogens is 465 g/mol. The second-order valence-corrected chi connectivity index (χ2v) is 7.50. The summed E-state index contributed by atoms with van der Waals surface area (Å²) in [6, 6.07) is 8.44. The number of guanidine groups is 1. The van der Waals surface area contributed by atoms with Crippen LogP contribution >= 0.6 is 46.7 Å². The topological polar surface area (TPSA) is 57.8 Å². The van der Waals surface area contributed by atoms with Crippen LogP contribution in [0.2, 0.25) is 0 Å². The fraction of sp³-hybridized carbons (Fsp3) is 0.294. The Morgan fingerprint density at radius 2 is 1.96 bits per heavy atom. The van der Waals surface area contributed by atoms with Crippen molar-refractivity contribution in [2.24, 2.45) is 10.7 Å². The molecule has 5 nitrogen and oxygen atoms in total. The van der Waals surface area contributed by atoms with E-state index >= 15 is 0 Å². The van der Waals surface area contributed by atoms with Crippen molar-refractivity contribution in [3.8, 4) is 0 Å². The maximum Gasteiger partial charge on any atom is 0.191 e. The molecule has 1 aliphatic heterocycles. The summed E-state index contributed by atoms with van der Waals surface area (Å²) in [5.74, 6) is 0.643. The molecule has 1 aromatic carbocycles. The van der Waals surface area contributed by atoms with E-state index in [0.717, 1.165) is 31.3 Å². The smallest absolute Gasteiger partial charge is 0.191 e. The van der Waals surface area contributed by atoms with Crippen molar-refractivity contribution in [1.29, 1.82) is 0 Å². The molecule has 0 atom stereocenters. The zero-order chi connectivity index (χ0) is 16.4. The molecule has 3 heterocycles. The number of thiophene rings is 1. The molecule has 0 spiro atoms. The average Bonchev–Trinajstić information content (AvgIpc) is 3.30. The van der Waals surface area contributed by atoms with Gasteiger partial charge in [-0.1, -0.05) is 18.2 Å². The monoisotopic (exact) mass is 485 g/mol. The normalized spacial score (nSPS) is 15.4. The number of nitrogens with two attached hydrogens (primary N) is 1. The summed E-state index contributed by atoms with van der Waals surface area (Å²) in [7, 11) is 0. The van der Waals surface area contributed by atoms with Crippen LogP contribution in [-0.4, -0.2) is 42.0 Å². The molecule has 1 saturated heterocycles. The summed E-state index contributed by atoms with van der Waals surface area (Å²) >= 11 is 3.45. The summed E-state index contributed by atoms with van der Waals surface area (Å²) in [6.45, 7) is 4.29. The molecule has 1 fully saturated rings. The van der Waals surface area contributed by atoms with Gasteiger partial charge in [-0.3, -0.25) is 0 Å². The van der Waals surface area contributed by atoms with Crippen LogP contribution in [0.15, 0.2) is 46.2 Å². The Morgan fingerprint density at radius 3 is 2.72 bits per heavy atom. The van der Waals surface area contributed by atoms with Gasteiger partial charge in [0, 0.05) is 42.5 Å². The molecular formula is C17H20IN5S2. The van der Waals surface area contributed by atoms with Crippen LogP contribution in [0, 0.1) is 0 Å². The Bertz CT molecular complexity index is 838. The van der Waals surface area contributed by atoms with Crippen molar-refractivity contribution < 1.29 is 0 Å². The van der Waals surface area contributed by atoms with Crippen molar-refractivity contribution in [2.45, 2.75) is 6.54 Å². The Morgan fingerprint density at radius 1 is 1.16 bits per heavy atom. The predicted octanol–water partition coefficient (Wildman–Crippen LogP) is 3.61. The van der Waals surface area contributed by atoms with Crippen LogP contribution in [0.5, 0.6) is 0 Å². The van der Waals surface area contributed by atoms with Gasteiger partial charge in [-0.15, -0.1) is 46.7 Å². The molecule has 2 N–H and O–H groups in total. The third-order valence-electron chi connectivity index (χ3n) is 4.27. The summed E-state index contributed by atoms with van der Waals surface area (Å²) in [5, 5.41) is 6.58. The maximum atomic E-state index is 6.22. The molecule has 3 aromatic rings. The first-order valence-electron chi connectivity index (χ1n) is 7.96. The van der Waals surface area contributed by atoms with E-state index in [1.54, 1.807) is 22.7 Å². The van der Waals surface area contributed by atoms with Gasteiger partial charge in [0.05, 0.1) is 6.54 Å². The molecule has 0 aliphatic carbocycles. The third kappa shape index (κ3) is 4.06. The second-order valence-electron chi connectivity index (χ2n) is 5.72. The number of thiazole rings is 1. The van der Waals surface area contributed by atoms with E-state index in [1.165, 1.54) is 15.6 Å². The highest BCUT2D eigenvalue weighted by Gasteiger charge is 2.19. The predicted molar refractivity (Wildman–Crippen MR) is 118 cm³/mol. The van der Waals surface area contributed by atoms with Gasteiger partial charge in [-0.25, -0.2) is 9.98 Å². The minimum absolute atomic E-state index is 0. The number of benzene rings is 1. The number of aliphatic imine (C=N–C) groups is 1. The van der Waals surface area contributed by atoms with E-state index in [-0.39, 0.29) is 24.0 Å². The van der Waals surface area contributed by atoms with Crippen LogP contribution < -0.4 is 10.6 Å². The van der Waals surface area contributed by atoms with Gasteiger partial charge in [0.15, 0.2) is 11.1 Å². The number of rotatable bonds is 3. The number of fused-ring (bicyclic) bond motifs is 1. The SMILES string of the molecule is I.NC(=NCc1csc2ccccc12)N1CCN(c2nccs2)CC1. The van der Waals surface area contributed by atoms with Crippen molar-refractivity contribution in [2.75, 3.05) is 31.1 Å². The summed E-state index contributed by atoms with van der Waals surface area (Å²) in [4.78, 5) is 13.5. The van der Waals surface area contributed by atoms with Gasteiger partial charge in [0.1, 0.15) is 0 Å². The first-order valence-corrected chi connectivity index (χ1v) is 9.71. The summed E-state index contributed by atoms with van der Waals surface area (Å²) < 4.78 is 1.30. The van der Waals surface area contributed by atoms with Gasteiger partial charge in [-0.2, -0.15) is 0 Å². The van der Waals surface area contributed by atoms with Crippen LogP contribution in [0.3, 0.4) is 0 Å². The zero-order valence-electron chi connectivity index (χ0n) is 13.7. The highest BCUT2D eigenvalue weighted by molar-refractivity contribution is 14.0. The minimum atomic E-state index is 0. The number of piperazine rings is 1. The van der Waals surface area contributed by atoms with Crippen LogP contribution in [0.1, 0.15) is 5.56 Å².